The maximum atomic E-state index is 12.6. The summed E-state index contributed by atoms with van der Waals surface area (Å²) < 4.78 is 27.1. The highest BCUT2D eigenvalue weighted by molar-refractivity contribution is 7.89. The Bertz CT molecular complexity index is 1200. The smallest absolute Gasteiger partial charge is 0.323 e. The lowest BCUT2D eigenvalue weighted by Gasteiger charge is -2.29. The van der Waals surface area contributed by atoms with Gasteiger partial charge in [-0.3, -0.25) is 14.6 Å². The fraction of sp³-hybridized carbons (Fsp3) is 0.375. The van der Waals surface area contributed by atoms with Crippen LogP contribution in [0.3, 0.4) is 0 Å². The lowest BCUT2D eigenvalue weighted by molar-refractivity contribution is -0.138. The molecular weight excluding hydrogens is 484 g/mol. The van der Waals surface area contributed by atoms with Gasteiger partial charge in [0.25, 0.3) is 5.91 Å². The summed E-state index contributed by atoms with van der Waals surface area (Å²) in [5.74, 6) is -1.08. The molecule has 0 radical (unpaired) electrons. The van der Waals surface area contributed by atoms with Crippen molar-refractivity contribution in [1.82, 2.24) is 20.7 Å². The molecule has 0 aliphatic carbocycles. The second-order valence-electron chi connectivity index (χ2n) is 8.59. The van der Waals surface area contributed by atoms with Gasteiger partial charge < -0.3 is 26.0 Å². The number of carboxylic acid groups (broad SMARTS) is 1. The van der Waals surface area contributed by atoms with Gasteiger partial charge >= 0.3 is 5.97 Å². The van der Waals surface area contributed by atoms with Crippen molar-refractivity contribution in [2.45, 2.75) is 36.4 Å². The molecule has 0 bridgehead atoms. The van der Waals surface area contributed by atoms with E-state index >= 15 is 0 Å². The minimum Gasteiger partial charge on any atom is -0.480 e. The van der Waals surface area contributed by atoms with Crippen molar-refractivity contribution in [2.24, 2.45) is 4.99 Å². The van der Waals surface area contributed by atoms with Crippen LogP contribution in [0.2, 0.25) is 0 Å². The molecule has 5 N–H and O–H groups in total. The van der Waals surface area contributed by atoms with E-state index in [1.807, 2.05) is 12.1 Å². The first-order chi connectivity index (χ1) is 17.3. The fourth-order valence-corrected chi connectivity index (χ4v) is 5.36. The van der Waals surface area contributed by atoms with Crippen molar-refractivity contribution in [1.29, 1.82) is 0 Å². The van der Waals surface area contributed by atoms with E-state index in [-0.39, 0.29) is 11.1 Å². The number of guanidine groups is 1. The van der Waals surface area contributed by atoms with Gasteiger partial charge in [0.2, 0.25) is 10.0 Å². The van der Waals surface area contributed by atoms with Crippen LogP contribution in [0.15, 0.2) is 64.5 Å². The maximum absolute atomic E-state index is 12.6. The summed E-state index contributed by atoms with van der Waals surface area (Å²) in [5, 5.41) is 18.7. The Morgan fingerprint density at radius 3 is 2.53 bits per heavy atom. The van der Waals surface area contributed by atoms with Crippen LogP contribution in [0.1, 0.15) is 29.6 Å². The minimum atomic E-state index is -4.05. The predicted octanol–water partition coefficient (Wildman–Crippen LogP) is 0.713. The summed E-state index contributed by atoms with van der Waals surface area (Å²) in [6.07, 6.45) is 3.12. The van der Waals surface area contributed by atoms with Crippen molar-refractivity contribution >= 4 is 33.5 Å². The quantitative estimate of drug-likeness (QED) is 0.328. The van der Waals surface area contributed by atoms with Crippen molar-refractivity contribution in [3.8, 4) is 0 Å². The molecule has 0 saturated carbocycles. The fourth-order valence-electron chi connectivity index (χ4n) is 4.15. The summed E-state index contributed by atoms with van der Waals surface area (Å²) in [6, 6.07) is 13.0. The van der Waals surface area contributed by atoms with Crippen molar-refractivity contribution in [2.75, 3.05) is 31.1 Å². The number of benzene rings is 2. The van der Waals surface area contributed by atoms with E-state index in [9.17, 15) is 23.1 Å². The number of amides is 1. The monoisotopic (exact) mass is 514 g/mol. The molecule has 0 spiro atoms. The average molecular weight is 515 g/mol. The number of aliphatic carboxylic acids is 1. The number of carboxylic acids is 1. The van der Waals surface area contributed by atoms with Gasteiger partial charge in [-0.05, 0) is 55.7 Å². The topological polar surface area (TPSA) is 152 Å². The summed E-state index contributed by atoms with van der Waals surface area (Å²) in [5.41, 5.74) is 1.30. The second-order valence-corrected chi connectivity index (χ2v) is 10.3. The third-order valence-corrected chi connectivity index (χ3v) is 7.52. The van der Waals surface area contributed by atoms with Crippen molar-refractivity contribution in [3.05, 3.63) is 60.2 Å². The largest absolute Gasteiger partial charge is 0.480 e. The Balaban J connectivity index is 1.35. The molecule has 0 aromatic heterocycles. The lowest BCUT2D eigenvalue weighted by atomic mass is 10.1. The minimum absolute atomic E-state index is 0.0563. The number of sulfonamides is 1. The number of nitrogens with zero attached hydrogens (tertiary/aromatic N) is 2. The molecule has 1 amide bonds. The SMILES string of the molecule is O=C(NC[C@H](NS(=O)(=O)c1ccccc1)C(=O)O)c1ccc(N2CCCC2NC2=NCCCN2)cc1. The molecule has 2 aliphatic heterocycles. The third kappa shape index (κ3) is 6.32. The number of carbonyl (C=O) groups excluding carboxylic acids is 1. The second kappa shape index (κ2) is 11.4. The highest BCUT2D eigenvalue weighted by atomic mass is 32.2. The van der Waals surface area contributed by atoms with Crippen LogP contribution in [0, 0.1) is 0 Å². The molecule has 11 nitrogen and oxygen atoms in total. The molecule has 2 aliphatic rings. The van der Waals surface area contributed by atoms with Gasteiger partial charge in [0, 0.05) is 37.4 Å². The van der Waals surface area contributed by atoms with E-state index in [1.165, 1.54) is 24.3 Å². The van der Waals surface area contributed by atoms with E-state index in [0.717, 1.165) is 50.5 Å². The number of anilines is 1. The number of hydrogen-bond donors (Lipinski definition) is 5. The molecule has 2 atom stereocenters. The number of aliphatic imine (C=N–C) groups is 1. The number of nitrogens with one attached hydrogen (secondary N) is 4. The molecule has 1 fully saturated rings. The third-order valence-electron chi connectivity index (χ3n) is 6.03. The standard InChI is InChI=1S/C24H30N6O5S/c31-22(27-16-20(23(32)33)29-36(34,35)19-6-2-1-3-7-19)17-9-11-18(12-10-17)30-15-4-8-21(30)28-24-25-13-5-14-26-24/h1-3,6-7,9-12,20-21,29H,4-5,8,13-16H2,(H,27,31)(H,32,33)(H2,25,26,28)/t20-,21?/m0/s1. The van der Waals surface area contributed by atoms with Crippen LogP contribution in [-0.4, -0.2) is 69.7 Å². The van der Waals surface area contributed by atoms with E-state index in [1.54, 1.807) is 18.2 Å². The Hall–Kier alpha value is -3.64. The molecule has 4 rings (SSSR count). The van der Waals surface area contributed by atoms with Crippen molar-refractivity contribution in [3.63, 3.8) is 0 Å². The van der Waals surface area contributed by atoms with Crippen LogP contribution < -0.4 is 25.6 Å². The van der Waals surface area contributed by atoms with Crippen LogP contribution in [0.4, 0.5) is 5.69 Å². The van der Waals surface area contributed by atoms with Crippen LogP contribution in [0.5, 0.6) is 0 Å². The van der Waals surface area contributed by atoms with Gasteiger partial charge in [0.15, 0.2) is 5.96 Å². The van der Waals surface area contributed by atoms with E-state index in [0.29, 0.717) is 5.56 Å². The highest BCUT2D eigenvalue weighted by Gasteiger charge is 2.27. The molecule has 2 heterocycles. The van der Waals surface area contributed by atoms with E-state index < -0.39 is 34.5 Å². The zero-order valence-electron chi connectivity index (χ0n) is 19.7. The molecule has 2 aromatic rings. The van der Waals surface area contributed by atoms with Crippen molar-refractivity contribution < 1.29 is 23.1 Å². The van der Waals surface area contributed by atoms with Gasteiger partial charge in [-0.25, -0.2) is 8.42 Å². The van der Waals surface area contributed by atoms with Gasteiger partial charge in [-0.1, -0.05) is 18.2 Å². The van der Waals surface area contributed by atoms with E-state index in [2.05, 4.69) is 30.6 Å². The first-order valence-corrected chi connectivity index (χ1v) is 13.3. The van der Waals surface area contributed by atoms with Crippen LogP contribution in [-0.2, 0) is 14.8 Å². The van der Waals surface area contributed by atoms with Crippen LogP contribution >= 0.6 is 0 Å². The Morgan fingerprint density at radius 2 is 1.86 bits per heavy atom. The number of hydrogen-bond acceptors (Lipinski definition) is 8. The average Bonchev–Trinajstić information content (AvgIpc) is 3.35. The number of rotatable bonds is 9. The first kappa shape index (κ1) is 25.5. The first-order valence-electron chi connectivity index (χ1n) is 11.8. The molecule has 1 unspecified atom stereocenters. The highest BCUT2D eigenvalue weighted by Crippen LogP contribution is 2.24. The Morgan fingerprint density at radius 1 is 1.11 bits per heavy atom. The van der Waals surface area contributed by atoms with Gasteiger partial charge in [0.05, 0.1) is 4.90 Å². The van der Waals surface area contributed by atoms with Gasteiger partial charge in [-0.15, -0.1) is 0 Å². The molecule has 192 valence electrons. The number of carbonyl (C=O) groups is 2. The lowest BCUT2D eigenvalue weighted by Crippen LogP contribution is -2.50. The molecule has 36 heavy (non-hydrogen) atoms. The molecular formula is C24H30N6O5S. The van der Waals surface area contributed by atoms with Gasteiger partial charge in [0.1, 0.15) is 12.2 Å². The summed E-state index contributed by atoms with van der Waals surface area (Å²) in [4.78, 5) is 30.9. The maximum Gasteiger partial charge on any atom is 0.323 e. The normalized spacial score (nSPS) is 18.6. The van der Waals surface area contributed by atoms with Gasteiger partial charge in [-0.2, -0.15) is 4.72 Å². The van der Waals surface area contributed by atoms with E-state index in [4.69, 9.17) is 0 Å². The zero-order valence-corrected chi connectivity index (χ0v) is 20.5. The van der Waals surface area contributed by atoms with Crippen LogP contribution in [0.25, 0.3) is 0 Å². The summed E-state index contributed by atoms with van der Waals surface area (Å²) in [7, 11) is -4.05. The Labute approximate surface area is 210 Å². The molecule has 12 heteroatoms. The zero-order chi connectivity index (χ0) is 25.5. The Kier molecular flexibility index (Phi) is 8.06. The molecule has 2 aromatic carbocycles. The molecule has 1 saturated heterocycles. The predicted molar refractivity (Wildman–Crippen MR) is 135 cm³/mol. The summed E-state index contributed by atoms with van der Waals surface area (Å²) in [6.45, 7) is 2.18. The summed E-state index contributed by atoms with van der Waals surface area (Å²) >= 11 is 0.